The van der Waals surface area contributed by atoms with Crippen molar-refractivity contribution in [3.05, 3.63) is 82.7 Å². The van der Waals surface area contributed by atoms with Crippen molar-refractivity contribution in [3.8, 4) is 0 Å². The molecule has 1 aromatic carbocycles. The van der Waals surface area contributed by atoms with Crippen LogP contribution in [-0.4, -0.2) is 16.1 Å². The van der Waals surface area contributed by atoms with E-state index < -0.39 is 5.97 Å². The van der Waals surface area contributed by atoms with Gasteiger partial charge in [0, 0.05) is 23.0 Å². The summed E-state index contributed by atoms with van der Waals surface area (Å²) in [5.74, 6) is -0.829. The van der Waals surface area contributed by atoms with E-state index in [2.05, 4.69) is 24.6 Å². The van der Waals surface area contributed by atoms with E-state index in [1.165, 1.54) is 5.56 Å². The molecule has 1 N–H and O–H groups in total. The molecule has 0 saturated heterocycles. The van der Waals surface area contributed by atoms with E-state index in [0.29, 0.717) is 5.57 Å². The molecular weight excluding hydrogens is 346 g/mol. The molecule has 0 radical (unpaired) electrons. The summed E-state index contributed by atoms with van der Waals surface area (Å²) < 4.78 is 0. The number of nitrogens with zero attached hydrogens (tertiary/aromatic N) is 1. The van der Waals surface area contributed by atoms with Crippen LogP contribution in [0.25, 0.3) is 5.57 Å². The van der Waals surface area contributed by atoms with Gasteiger partial charge in [0.2, 0.25) is 0 Å². The van der Waals surface area contributed by atoms with Gasteiger partial charge in [-0.1, -0.05) is 48.9 Å². The molecule has 26 heavy (non-hydrogen) atoms. The predicted octanol–water partition coefficient (Wildman–Crippen LogP) is 6.44. The number of aryl methyl sites for hydroxylation is 1. The molecule has 0 aliphatic heterocycles. The summed E-state index contributed by atoms with van der Waals surface area (Å²) in [5.41, 5.74) is 4.76. The van der Waals surface area contributed by atoms with E-state index in [-0.39, 0.29) is 0 Å². The minimum atomic E-state index is -0.829. The second kappa shape index (κ2) is 12.9. The van der Waals surface area contributed by atoms with Gasteiger partial charge in [0.05, 0.1) is 0 Å². The molecule has 1 heterocycles. The van der Waals surface area contributed by atoms with Crippen LogP contribution in [0.3, 0.4) is 0 Å². The van der Waals surface area contributed by atoms with Gasteiger partial charge in [-0.3, -0.25) is 4.98 Å². The number of carbonyl (C=O) groups is 1. The Morgan fingerprint density at radius 1 is 1.15 bits per heavy atom. The number of aromatic nitrogens is 1. The minimum absolute atomic E-state index is 0.435. The van der Waals surface area contributed by atoms with E-state index in [9.17, 15) is 4.79 Å². The van der Waals surface area contributed by atoms with Gasteiger partial charge in [-0.15, -0.1) is 0 Å². The number of halogens is 1. The first-order valence-corrected chi connectivity index (χ1v) is 8.74. The molecule has 0 saturated carbocycles. The second-order valence-corrected chi connectivity index (χ2v) is 6.37. The number of hydrogen-bond donors (Lipinski definition) is 1. The van der Waals surface area contributed by atoms with Gasteiger partial charge >= 0.3 is 5.97 Å². The van der Waals surface area contributed by atoms with Gasteiger partial charge in [-0.25, -0.2) is 4.79 Å². The first-order valence-electron chi connectivity index (χ1n) is 8.36. The summed E-state index contributed by atoms with van der Waals surface area (Å²) in [6.45, 7) is 13.0. The van der Waals surface area contributed by atoms with Crippen molar-refractivity contribution in [3.63, 3.8) is 0 Å². The van der Waals surface area contributed by atoms with Crippen molar-refractivity contribution in [2.24, 2.45) is 0 Å². The monoisotopic (exact) mass is 373 g/mol. The molecule has 0 aliphatic rings. The van der Waals surface area contributed by atoms with Crippen LogP contribution >= 0.6 is 11.6 Å². The van der Waals surface area contributed by atoms with Crippen LogP contribution in [0.15, 0.2) is 66.5 Å². The third kappa shape index (κ3) is 10.5. The lowest BCUT2D eigenvalue weighted by Crippen LogP contribution is -1.97. The van der Waals surface area contributed by atoms with Gasteiger partial charge in [-0.2, -0.15) is 0 Å². The number of aliphatic carboxylic acids is 1. The molecule has 3 nitrogen and oxygen atoms in total. The zero-order valence-corrected chi connectivity index (χ0v) is 17.0. The highest BCUT2D eigenvalue weighted by molar-refractivity contribution is 6.30. The summed E-state index contributed by atoms with van der Waals surface area (Å²) in [6, 6.07) is 11.8. The van der Waals surface area contributed by atoms with Crippen LogP contribution in [0, 0.1) is 0 Å². The molecule has 0 aliphatic carbocycles. The highest BCUT2D eigenvalue weighted by Crippen LogP contribution is 2.10. The van der Waals surface area contributed by atoms with Crippen molar-refractivity contribution < 1.29 is 9.90 Å². The summed E-state index contributed by atoms with van der Waals surface area (Å²) in [5, 5.41) is 9.12. The maximum atomic E-state index is 10.1. The van der Waals surface area contributed by atoms with Crippen LogP contribution in [0.5, 0.6) is 0 Å². The van der Waals surface area contributed by atoms with Crippen LogP contribution in [0.4, 0.5) is 0 Å². The Bertz CT molecular complexity index is 733. The van der Waals surface area contributed by atoms with Crippen molar-refractivity contribution >= 4 is 23.1 Å². The van der Waals surface area contributed by atoms with Crippen LogP contribution in [0.1, 0.15) is 45.7 Å². The molecule has 1 aromatic heterocycles. The number of pyridine rings is 1. The van der Waals surface area contributed by atoms with Gasteiger partial charge in [0.1, 0.15) is 0 Å². The smallest absolute Gasteiger partial charge is 0.331 e. The van der Waals surface area contributed by atoms with E-state index in [1.807, 2.05) is 43.5 Å². The first kappa shape index (κ1) is 23.6. The molecule has 0 bridgehead atoms. The Hall–Kier alpha value is -2.39. The third-order valence-electron chi connectivity index (χ3n) is 3.52. The Morgan fingerprint density at radius 2 is 1.81 bits per heavy atom. The normalized spacial score (nSPS) is 9.00. The Balaban J connectivity index is 0.000000362. The lowest BCUT2D eigenvalue weighted by molar-refractivity contribution is -0.132. The molecular formula is C22H28ClNO2. The van der Waals surface area contributed by atoms with Crippen molar-refractivity contribution in [1.82, 2.24) is 4.98 Å². The molecule has 0 amide bonds. The Kier molecular flexibility index (Phi) is 11.7. The fraction of sp³-hybridized carbons (Fsp3) is 0.273. The molecule has 0 fully saturated rings. The zero-order chi connectivity index (χ0) is 20.1. The second-order valence-electron chi connectivity index (χ2n) is 5.94. The van der Waals surface area contributed by atoms with Gasteiger partial charge in [0.15, 0.2) is 0 Å². The van der Waals surface area contributed by atoms with Gasteiger partial charge in [-0.05, 0) is 69.0 Å². The average molecular weight is 374 g/mol. The molecule has 0 atom stereocenters. The summed E-state index contributed by atoms with van der Waals surface area (Å²) >= 11 is 5.72. The molecule has 0 spiro atoms. The number of carboxylic acids is 1. The molecule has 140 valence electrons. The highest BCUT2D eigenvalue weighted by Gasteiger charge is 1.99. The molecule has 0 unspecified atom stereocenters. The van der Waals surface area contributed by atoms with Crippen LogP contribution < -0.4 is 0 Å². The standard InChI is InChI=1S/C8H9Cl.C8H9N.C6H10O2/c1-2-7-4-3-5-8(9)6-7;1-7(2)8-4-3-5-9-6-8;1-4(2)5(3)6(7)8/h3-6H,2H2,1H3;3-6H,1H2,2H3;1-3H3,(H,7,8). The molecule has 4 heteroatoms. The largest absolute Gasteiger partial charge is 0.478 e. The van der Waals surface area contributed by atoms with E-state index in [0.717, 1.165) is 28.2 Å². The van der Waals surface area contributed by atoms with Crippen LogP contribution in [0.2, 0.25) is 5.02 Å². The van der Waals surface area contributed by atoms with Crippen molar-refractivity contribution in [2.75, 3.05) is 0 Å². The maximum absolute atomic E-state index is 10.1. The lowest BCUT2D eigenvalue weighted by Gasteiger charge is -1.93. The fourth-order valence-corrected chi connectivity index (χ4v) is 1.80. The highest BCUT2D eigenvalue weighted by atomic mass is 35.5. The van der Waals surface area contributed by atoms with Crippen molar-refractivity contribution in [2.45, 2.75) is 41.0 Å². The van der Waals surface area contributed by atoms with Crippen molar-refractivity contribution in [1.29, 1.82) is 0 Å². The SMILES string of the molecule is C=C(C)c1cccnc1.CC(C)=C(C)C(=O)O.CCc1cccc(Cl)c1. The Morgan fingerprint density at radius 3 is 2.08 bits per heavy atom. The van der Waals surface area contributed by atoms with E-state index in [4.69, 9.17) is 16.7 Å². The van der Waals surface area contributed by atoms with Crippen LogP contribution in [-0.2, 0) is 11.2 Å². The summed E-state index contributed by atoms with van der Waals surface area (Å²) in [7, 11) is 0. The number of benzene rings is 1. The maximum Gasteiger partial charge on any atom is 0.331 e. The summed E-state index contributed by atoms with van der Waals surface area (Å²) in [6.07, 6.45) is 4.62. The van der Waals surface area contributed by atoms with Gasteiger partial charge in [0.25, 0.3) is 0 Å². The zero-order valence-electron chi connectivity index (χ0n) is 16.2. The number of rotatable bonds is 3. The van der Waals surface area contributed by atoms with E-state index >= 15 is 0 Å². The molecule has 2 rings (SSSR count). The minimum Gasteiger partial charge on any atom is -0.478 e. The average Bonchev–Trinajstić information content (AvgIpc) is 2.62. The molecule has 2 aromatic rings. The summed E-state index contributed by atoms with van der Waals surface area (Å²) in [4.78, 5) is 14.0. The Labute approximate surface area is 162 Å². The number of hydrogen-bond acceptors (Lipinski definition) is 2. The number of carboxylic acid groups (broad SMARTS) is 1. The van der Waals surface area contributed by atoms with Gasteiger partial charge < -0.3 is 5.11 Å². The fourth-order valence-electron chi connectivity index (χ4n) is 1.59. The third-order valence-corrected chi connectivity index (χ3v) is 3.76. The first-order chi connectivity index (χ1) is 12.2. The predicted molar refractivity (Wildman–Crippen MR) is 111 cm³/mol. The van der Waals surface area contributed by atoms with E-state index in [1.54, 1.807) is 27.0 Å². The number of allylic oxidation sites excluding steroid dienone is 2. The quantitative estimate of drug-likeness (QED) is 0.629. The lowest BCUT2D eigenvalue weighted by atomic mass is 10.2. The topological polar surface area (TPSA) is 50.2 Å².